The van der Waals surface area contributed by atoms with Crippen LogP contribution in [0.2, 0.25) is 0 Å². The SMILES string of the molecule is CCCN1COc2ccc(C3=Cc4ccc5c(c4OC3)CN(CCC)CO5)cc2C1. The zero-order chi connectivity index (χ0) is 20.5. The monoisotopic (exact) mass is 406 g/mol. The maximum Gasteiger partial charge on any atom is 0.142 e. The summed E-state index contributed by atoms with van der Waals surface area (Å²) in [6.07, 6.45) is 4.53. The Morgan fingerprint density at radius 1 is 0.833 bits per heavy atom. The number of hydrogen-bond acceptors (Lipinski definition) is 5. The summed E-state index contributed by atoms with van der Waals surface area (Å²) in [5.74, 6) is 2.94. The van der Waals surface area contributed by atoms with Crippen LogP contribution in [0.15, 0.2) is 30.3 Å². The lowest BCUT2D eigenvalue weighted by Gasteiger charge is -2.32. The highest BCUT2D eigenvalue weighted by Crippen LogP contribution is 2.41. The fourth-order valence-corrected chi connectivity index (χ4v) is 4.58. The van der Waals surface area contributed by atoms with E-state index < -0.39 is 0 Å². The Morgan fingerprint density at radius 2 is 1.57 bits per heavy atom. The molecule has 0 spiro atoms. The van der Waals surface area contributed by atoms with Gasteiger partial charge in [-0.15, -0.1) is 0 Å². The zero-order valence-corrected chi connectivity index (χ0v) is 17.9. The predicted molar refractivity (Wildman–Crippen MR) is 119 cm³/mol. The van der Waals surface area contributed by atoms with Gasteiger partial charge >= 0.3 is 0 Å². The summed E-state index contributed by atoms with van der Waals surface area (Å²) in [5, 5.41) is 0. The van der Waals surface area contributed by atoms with Crippen molar-refractivity contribution in [3.8, 4) is 17.2 Å². The highest BCUT2D eigenvalue weighted by atomic mass is 16.5. The average Bonchev–Trinajstić information content (AvgIpc) is 2.78. The molecule has 30 heavy (non-hydrogen) atoms. The maximum atomic E-state index is 6.30. The molecule has 5 rings (SSSR count). The molecular weight excluding hydrogens is 376 g/mol. The topological polar surface area (TPSA) is 34.2 Å². The summed E-state index contributed by atoms with van der Waals surface area (Å²) in [5.41, 5.74) is 5.99. The van der Waals surface area contributed by atoms with Crippen molar-refractivity contribution >= 4 is 11.6 Å². The van der Waals surface area contributed by atoms with Crippen molar-refractivity contribution < 1.29 is 14.2 Å². The second kappa shape index (κ2) is 8.32. The largest absolute Gasteiger partial charge is 0.488 e. The summed E-state index contributed by atoms with van der Waals surface area (Å²) in [7, 11) is 0. The first-order valence-corrected chi connectivity index (χ1v) is 11.1. The van der Waals surface area contributed by atoms with E-state index in [1.165, 1.54) is 22.3 Å². The molecule has 0 atom stereocenters. The molecule has 3 aliphatic heterocycles. The van der Waals surface area contributed by atoms with Gasteiger partial charge in [-0.3, -0.25) is 9.80 Å². The number of hydrogen-bond donors (Lipinski definition) is 0. The predicted octanol–water partition coefficient (Wildman–Crippen LogP) is 4.74. The third kappa shape index (κ3) is 3.68. The van der Waals surface area contributed by atoms with Crippen LogP contribution in [-0.4, -0.2) is 43.0 Å². The van der Waals surface area contributed by atoms with E-state index in [1.54, 1.807) is 0 Å². The Balaban J connectivity index is 1.42. The first kappa shape index (κ1) is 19.5. The van der Waals surface area contributed by atoms with Crippen LogP contribution >= 0.6 is 0 Å². The number of fused-ring (bicyclic) bond motifs is 4. The minimum Gasteiger partial charge on any atom is -0.488 e. The molecule has 2 aromatic carbocycles. The summed E-state index contributed by atoms with van der Waals surface area (Å²) < 4.78 is 18.2. The zero-order valence-electron chi connectivity index (χ0n) is 17.9. The van der Waals surface area contributed by atoms with Crippen LogP contribution < -0.4 is 14.2 Å². The fourth-order valence-electron chi connectivity index (χ4n) is 4.58. The molecule has 158 valence electrons. The van der Waals surface area contributed by atoms with Gasteiger partial charge in [0, 0.05) is 37.3 Å². The minimum absolute atomic E-state index is 0.579. The smallest absolute Gasteiger partial charge is 0.142 e. The van der Waals surface area contributed by atoms with E-state index in [1.807, 2.05) is 0 Å². The number of ether oxygens (including phenoxy) is 3. The summed E-state index contributed by atoms with van der Waals surface area (Å²) in [4.78, 5) is 4.68. The summed E-state index contributed by atoms with van der Waals surface area (Å²) in [6, 6.07) is 10.7. The van der Waals surface area contributed by atoms with Gasteiger partial charge in [-0.2, -0.15) is 0 Å². The van der Waals surface area contributed by atoms with Crippen LogP contribution in [0.5, 0.6) is 17.2 Å². The third-order valence-electron chi connectivity index (χ3n) is 6.04. The first-order valence-electron chi connectivity index (χ1n) is 11.1. The van der Waals surface area contributed by atoms with Gasteiger partial charge in [-0.1, -0.05) is 19.9 Å². The Hall–Kier alpha value is -2.50. The van der Waals surface area contributed by atoms with Crippen molar-refractivity contribution in [2.45, 2.75) is 39.8 Å². The molecule has 0 N–H and O–H groups in total. The van der Waals surface area contributed by atoms with Crippen molar-refractivity contribution in [1.82, 2.24) is 9.80 Å². The highest BCUT2D eigenvalue weighted by molar-refractivity contribution is 5.87. The van der Waals surface area contributed by atoms with Crippen LogP contribution in [0.25, 0.3) is 11.6 Å². The summed E-state index contributed by atoms with van der Waals surface area (Å²) >= 11 is 0. The van der Waals surface area contributed by atoms with E-state index in [0.717, 1.165) is 61.8 Å². The second-order valence-electron chi connectivity index (χ2n) is 8.39. The van der Waals surface area contributed by atoms with Gasteiger partial charge in [0.2, 0.25) is 0 Å². The van der Waals surface area contributed by atoms with E-state index in [9.17, 15) is 0 Å². The highest BCUT2D eigenvalue weighted by Gasteiger charge is 2.25. The lowest BCUT2D eigenvalue weighted by Crippen LogP contribution is -2.33. The molecule has 5 heteroatoms. The molecular formula is C25H30N2O3. The Labute approximate surface area is 178 Å². The van der Waals surface area contributed by atoms with E-state index >= 15 is 0 Å². The lowest BCUT2D eigenvalue weighted by molar-refractivity contribution is 0.0933. The maximum absolute atomic E-state index is 6.30. The third-order valence-corrected chi connectivity index (χ3v) is 6.04. The van der Waals surface area contributed by atoms with Gasteiger partial charge in [-0.05, 0) is 54.3 Å². The molecule has 0 unspecified atom stereocenters. The van der Waals surface area contributed by atoms with Gasteiger partial charge in [0.05, 0.1) is 5.56 Å². The van der Waals surface area contributed by atoms with Crippen LogP contribution in [0, 0.1) is 0 Å². The standard InChI is InChI=1S/C25H30N2O3/c1-3-9-26-13-20-11-18(5-7-23(20)29-16-26)21-12-19-6-8-24-22(25(19)28-15-21)14-27(10-4-2)17-30-24/h5-8,11-12H,3-4,9-10,13-17H2,1-2H3. The van der Waals surface area contributed by atoms with Crippen LogP contribution in [0.3, 0.4) is 0 Å². The van der Waals surface area contributed by atoms with Gasteiger partial charge in [0.1, 0.15) is 37.3 Å². The molecule has 0 saturated heterocycles. The fraction of sp³-hybridized carbons (Fsp3) is 0.440. The number of rotatable bonds is 5. The van der Waals surface area contributed by atoms with E-state index in [-0.39, 0.29) is 0 Å². The summed E-state index contributed by atoms with van der Waals surface area (Å²) in [6.45, 7) is 10.3. The van der Waals surface area contributed by atoms with Crippen molar-refractivity contribution in [3.05, 3.63) is 52.6 Å². The Morgan fingerprint density at radius 3 is 2.37 bits per heavy atom. The van der Waals surface area contributed by atoms with Crippen LogP contribution in [0.4, 0.5) is 0 Å². The number of nitrogens with zero attached hydrogens (tertiary/aromatic N) is 2. The number of benzene rings is 2. The van der Waals surface area contributed by atoms with E-state index in [0.29, 0.717) is 20.1 Å². The van der Waals surface area contributed by atoms with Crippen LogP contribution in [-0.2, 0) is 13.1 Å². The molecule has 0 amide bonds. The molecule has 3 heterocycles. The Kier molecular flexibility index (Phi) is 5.40. The van der Waals surface area contributed by atoms with Gasteiger partial charge in [0.15, 0.2) is 0 Å². The van der Waals surface area contributed by atoms with Gasteiger partial charge in [-0.25, -0.2) is 0 Å². The molecule has 0 bridgehead atoms. The van der Waals surface area contributed by atoms with Crippen molar-refractivity contribution in [2.24, 2.45) is 0 Å². The molecule has 0 fully saturated rings. The molecule has 0 aromatic heterocycles. The molecule has 0 radical (unpaired) electrons. The second-order valence-corrected chi connectivity index (χ2v) is 8.39. The van der Waals surface area contributed by atoms with Crippen molar-refractivity contribution in [3.63, 3.8) is 0 Å². The first-order chi connectivity index (χ1) is 14.7. The van der Waals surface area contributed by atoms with Crippen molar-refractivity contribution in [2.75, 3.05) is 33.2 Å². The normalized spacial score (nSPS) is 18.3. The quantitative estimate of drug-likeness (QED) is 0.716. The molecule has 0 saturated carbocycles. The molecule has 0 aliphatic carbocycles. The average molecular weight is 407 g/mol. The van der Waals surface area contributed by atoms with E-state index in [2.05, 4.69) is 60.1 Å². The van der Waals surface area contributed by atoms with E-state index in [4.69, 9.17) is 14.2 Å². The van der Waals surface area contributed by atoms with Gasteiger partial charge < -0.3 is 14.2 Å². The van der Waals surface area contributed by atoms with Gasteiger partial charge in [0.25, 0.3) is 0 Å². The molecule has 5 nitrogen and oxygen atoms in total. The Bertz CT molecular complexity index is 969. The minimum atomic E-state index is 0.579. The lowest BCUT2D eigenvalue weighted by atomic mass is 9.96. The molecule has 3 aliphatic rings. The van der Waals surface area contributed by atoms with Crippen molar-refractivity contribution in [1.29, 1.82) is 0 Å². The van der Waals surface area contributed by atoms with Crippen LogP contribution in [0.1, 0.15) is 48.9 Å². The molecule has 2 aromatic rings.